The van der Waals surface area contributed by atoms with Gasteiger partial charge in [-0.3, -0.25) is 4.79 Å². The number of methoxy groups -OCH3 is 1. The average Bonchev–Trinajstić information content (AvgIpc) is 3.03. The van der Waals surface area contributed by atoms with Crippen LogP contribution in [0, 0.1) is 0 Å². The number of hydrogen-bond acceptors (Lipinski definition) is 4. The number of carbonyl (C=O) groups is 2. The molecule has 0 spiro atoms. The van der Waals surface area contributed by atoms with Gasteiger partial charge in [0.15, 0.2) is 5.76 Å². The Morgan fingerprint density at radius 3 is 2.54 bits per heavy atom. The van der Waals surface area contributed by atoms with Crippen LogP contribution in [0.2, 0.25) is 0 Å². The van der Waals surface area contributed by atoms with Crippen LogP contribution in [0.25, 0.3) is 11.0 Å². The van der Waals surface area contributed by atoms with Crippen molar-refractivity contribution in [1.82, 2.24) is 5.32 Å². The summed E-state index contributed by atoms with van der Waals surface area (Å²) in [7, 11) is 1.57. The summed E-state index contributed by atoms with van der Waals surface area (Å²) < 4.78 is 10.7. The maximum Gasteiger partial charge on any atom is 0.335 e. The average molecular weight is 325 g/mol. The molecule has 0 saturated carbocycles. The smallest absolute Gasteiger partial charge is 0.335 e. The highest BCUT2D eigenvalue weighted by Gasteiger charge is 2.12. The number of benzene rings is 2. The lowest BCUT2D eigenvalue weighted by molar-refractivity contribution is 0.0696. The Labute approximate surface area is 137 Å². The molecule has 0 unspecified atom stereocenters. The minimum Gasteiger partial charge on any atom is -0.497 e. The third-order valence-corrected chi connectivity index (χ3v) is 3.60. The molecule has 0 aliphatic carbocycles. The minimum absolute atomic E-state index is 0.205. The lowest BCUT2D eigenvalue weighted by atomic mass is 10.1. The van der Waals surface area contributed by atoms with Crippen molar-refractivity contribution in [2.45, 2.75) is 6.54 Å². The molecular weight excluding hydrogens is 310 g/mol. The standard InChI is InChI=1S/C18H15NO5/c1-23-14-6-7-15-13(8-14)9-16(24-15)17(20)19-10-11-2-4-12(5-3-11)18(21)22/h2-9H,10H2,1H3,(H,19,20)(H,21,22). The predicted octanol–water partition coefficient (Wildman–Crippen LogP) is 3.07. The predicted molar refractivity (Wildman–Crippen MR) is 87.3 cm³/mol. The largest absolute Gasteiger partial charge is 0.497 e. The van der Waals surface area contributed by atoms with Gasteiger partial charge in [0.1, 0.15) is 11.3 Å². The van der Waals surface area contributed by atoms with E-state index in [0.717, 1.165) is 10.9 Å². The fraction of sp³-hybridized carbons (Fsp3) is 0.111. The molecule has 3 rings (SSSR count). The second-order valence-electron chi connectivity index (χ2n) is 5.20. The van der Waals surface area contributed by atoms with Crippen molar-refractivity contribution >= 4 is 22.8 Å². The molecule has 2 N–H and O–H groups in total. The quantitative estimate of drug-likeness (QED) is 0.752. The third kappa shape index (κ3) is 3.22. The van der Waals surface area contributed by atoms with Crippen LogP contribution in [0.1, 0.15) is 26.5 Å². The third-order valence-electron chi connectivity index (χ3n) is 3.60. The zero-order valence-corrected chi connectivity index (χ0v) is 12.9. The fourth-order valence-corrected chi connectivity index (χ4v) is 2.29. The molecule has 3 aromatic rings. The first-order valence-electron chi connectivity index (χ1n) is 7.25. The van der Waals surface area contributed by atoms with E-state index >= 15 is 0 Å². The van der Waals surface area contributed by atoms with Crippen molar-refractivity contribution < 1.29 is 23.8 Å². The van der Waals surface area contributed by atoms with Gasteiger partial charge in [-0.15, -0.1) is 0 Å². The number of furan rings is 1. The molecule has 0 bridgehead atoms. The van der Waals surface area contributed by atoms with Crippen LogP contribution < -0.4 is 10.1 Å². The molecule has 0 fully saturated rings. The van der Waals surface area contributed by atoms with Crippen LogP contribution in [0.5, 0.6) is 5.75 Å². The van der Waals surface area contributed by atoms with Crippen LogP contribution in [0.3, 0.4) is 0 Å². The summed E-state index contributed by atoms with van der Waals surface area (Å²) in [4.78, 5) is 23.0. The molecule has 0 aliphatic heterocycles. The van der Waals surface area contributed by atoms with Crippen LogP contribution in [0.4, 0.5) is 0 Å². The van der Waals surface area contributed by atoms with Crippen molar-refractivity contribution in [2.24, 2.45) is 0 Å². The summed E-state index contributed by atoms with van der Waals surface area (Å²) in [5.74, 6) is -0.426. The van der Waals surface area contributed by atoms with Gasteiger partial charge < -0.3 is 19.6 Å². The molecule has 1 heterocycles. The summed E-state index contributed by atoms with van der Waals surface area (Å²) in [6.07, 6.45) is 0. The fourth-order valence-electron chi connectivity index (χ4n) is 2.29. The van der Waals surface area contributed by atoms with Gasteiger partial charge in [0.2, 0.25) is 0 Å². The highest BCUT2D eigenvalue weighted by Crippen LogP contribution is 2.24. The van der Waals surface area contributed by atoms with Crippen molar-refractivity contribution in [1.29, 1.82) is 0 Å². The topological polar surface area (TPSA) is 88.8 Å². The number of ether oxygens (including phenoxy) is 1. The Hall–Kier alpha value is -3.28. The Balaban J connectivity index is 1.69. The Morgan fingerprint density at radius 2 is 1.88 bits per heavy atom. The zero-order valence-electron chi connectivity index (χ0n) is 12.9. The summed E-state index contributed by atoms with van der Waals surface area (Å²) in [6.45, 7) is 0.277. The molecule has 2 aromatic carbocycles. The lowest BCUT2D eigenvalue weighted by Crippen LogP contribution is -2.22. The number of carboxylic acid groups (broad SMARTS) is 1. The molecule has 122 valence electrons. The van der Waals surface area contributed by atoms with Crippen LogP contribution in [-0.4, -0.2) is 24.1 Å². The van der Waals surface area contributed by atoms with E-state index in [1.54, 1.807) is 43.5 Å². The Bertz CT molecular complexity index is 895. The molecule has 6 nitrogen and oxygen atoms in total. The van der Waals surface area contributed by atoms with Crippen LogP contribution in [0.15, 0.2) is 52.9 Å². The maximum absolute atomic E-state index is 12.2. The molecule has 24 heavy (non-hydrogen) atoms. The van der Waals surface area contributed by atoms with E-state index in [9.17, 15) is 9.59 Å². The van der Waals surface area contributed by atoms with Crippen molar-refractivity contribution in [3.05, 3.63) is 65.4 Å². The molecule has 0 saturated heterocycles. The molecule has 1 aromatic heterocycles. The highest BCUT2D eigenvalue weighted by molar-refractivity contribution is 5.96. The lowest BCUT2D eigenvalue weighted by Gasteiger charge is -2.03. The van der Waals surface area contributed by atoms with Gasteiger partial charge in [-0.2, -0.15) is 0 Å². The molecule has 0 radical (unpaired) electrons. The number of amides is 1. The van der Waals surface area contributed by atoms with E-state index in [2.05, 4.69) is 5.32 Å². The van der Waals surface area contributed by atoms with Crippen molar-refractivity contribution in [3.8, 4) is 5.75 Å². The second-order valence-corrected chi connectivity index (χ2v) is 5.20. The maximum atomic E-state index is 12.2. The van der Waals surface area contributed by atoms with Gasteiger partial charge in [0.25, 0.3) is 5.91 Å². The number of carbonyl (C=O) groups excluding carboxylic acids is 1. The van der Waals surface area contributed by atoms with E-state index in [-0.39, 0.29) is 23.8 Å². The van der Waals surface area contributed by atoms with Gasteiger partial charge in [0.05, 0.1) is 12.7 Å². The monoisotopic (exact) mass is 325 g/mol. The Morgan fingerprint density at radius 1 is 1.12 bits per heavy atom. The van der Waals surface area contributed by atoms with Gasteiger partial charge in [-0.05, 0) is 42.0 Å². The number of aromatic carboxylic acids is 1. The summed E-state index contributed by atoms with van der Waals surface area (Å²) >= 11 is 0. The molecular formula is C18H15NO5. The normalized spacial score (nSPS) is 10.5. The number of rotatable bonds is 5. The van der Waals surface area contributed by atoms with E-state index in [4.69, 9.17) is 14.3 Å². The van der Waals surface area contributed by atoms with Crippen LogP contribution >= 0.6 is 0 Å². The van der Waals surface area contributed by atoms with Gasteiger partial charge in [-0.25, -0.2) is 4.79 Å². The van der Waals surface area contributed by atoms with Gasteiger partial charge in [-0.1, -0.05) is 12.1 Å². The number of fused-ring (bicyclic) bond motifs is 1. The number of hydrogen-bond donors (Lipinski definition) is 2. The minimum atomic E-state index is -0.983. The first kappa shape index (κ1) is 15.6. The van der Waals surface area contributed by atoms with Gasteiger partial charge >= 0.3 is 5.97 Å². The van der Waals surface area contributed by atoms with E-state index < -0.39 is 5.97 Å². The first-order valence-corrected chi connectivity index (χ1v) is 7.25. The number of nitrogens with one attached hydrogen (secondary N) is 1. The molecule has 6 heteroatoms. The van der Waals surface area contributed by atoms with E-state index in [1.807, 2.05) is 0 Å². The summed E-state index contributed by atoms with van der Waals surface area (Å²) in [6, 6.07) is 13.3. The zero-order chi connectivity index (χ0) is 17.1. The van der Waals surface area contributed by atoms with Crippen molar-refractivity contribution in [2.75, 3.05) is 7.11 Å². The molecule has 0 aliphatic rings. The van der Waals surface area contributed by atoms with E-state index in [0.29, 0.717) is 11.3 Å². The first-order chi connectivity index (χ1) is 11.6. The molecule has 0 atom stereocenters. The summed E-state index contributed by atoms with van der Waals surface area (Å²) in [5, 5.41) is 12.4. The molecule has 1 amide bonds. The van der Waals surface area contributed by atoms with E-state index in [1.165, 1.54) is 12.1 Å². The highest BCUT2D eigenvalue weighted by atomic mass is 16.5. The SMILES string of the molecule is COc1ccc2oc(C(=O)NCc3ccc(C(=O)O)cc3)cc2c1. The van der Waals surface area contributed by atoms with Crippen molar-refractivity contribution in [3.63, 3.8) is 0 Å². The summed E-state index contributed by atoms with van der Waals surface area (Å²) in [5.41, 5.74) is 1.61. The second kappa shape index (κ2) is 6.45. The van der Waals surface area contributed by atoms with Gasteiger partial charge in [0, 0.05) is 11.9 Å². The Kier molecular flexibility index (Phi) is 4.20. The van der Waals surface area contributed by atoms with Crippen LogP contribution in [-0.2, 0) is 6.54 Å². The number of carboxylic acids is 1.